The molecule has 104 valence electrons. The molecule has 3 rings (SSSR count). The van der Waals surface area contributed by atoms with E-state index in [0.29, 0.717) is 5.92 Å². The molecule has 20 heavy (non-hydrogen) atoms. The van der Waals surface area contributed by atoms with Gasteiger partial charge in [0.2, 0.25) is 0 Å². The zero-order valence-corrected chi connectivity index (χ0v) is 12.7. The summed E-state index contributed by atoms with van der Waals surface area (Å²) in [5.74, 6) is 0.833. The van der Waals surface area contributed by atoms with Gasteiger partial charge in [-0.3, -0.25) is 4.79 Å². The van der Waals surface area contributed by atoms with Crippen molar-refractivity contribution in [3.05, 3.63) is 41.0 Å². The third kappa shape index (κ3) is 1.91. The molecule has 0 fully saturated rings. The number of hydrogen-bond acceptors (Lipinski definition) is 2. The van der Waals surface area contributed by atoms with Crippen LogP contribution in [0.1, 0.15) is 35.3 Å². The van der Waals surface area contributed by atoms with Crippen molar-refractivity contribution in [2.24, 2.45) is 5.92 Å². The molecule has 0 aromatic heterocycles. The fourth-order valence-electron chi connectivity index (χ4n) is 3.51. The Kier molecular flexibility index (Phi) is 3.04. The number of carbonyl (C=O) groups is 1. The average molecular weight is 267 g/mol. The van der Waals surface area contributed by atoms with Crippen molar-refractivity contribution >= 4 is 22.2 Å². The topological polar surface area (TPSA) is 20.3 Å². The van der Waals surface area contributed by atoms with Gasteiger partial charge in [-0.05, 0) is 54.3 Å². The van der Waals surface area contributed by atoms with Crippen LogP contribution in [0.3, 0.4) is 0 Å². The molecule has 1 aliphatic rings. The minimum Gasteiger partial charge on any atom is -0.377 e. The summed E-state index contributed by atoms with van der Waals surface area (Å²) in [6, 6.07) is 8.56. The maximum Gasteiger partial charge on any atom is 0.160 e. The zero-order valence-electron chi connectivity index (χ0n) is 12.7. The Hall–Kier alpha value is -1.83. The van der Waals surface area contributed by atoms with Crippen molar-refractivity contribution in [1.82, 2.24) is 0 Å². The first-order chi connectivity index (χ1) is 9.49. The zero-order chi connectivity index (χ0) is 14.4. The van der Waals surface area contributed by atoms with Gasteiger partial charge < -0.3 is 4.90 Å². The van der Waals surface area contributed by atoms with E-state index < -0.39 is 0 Å². The van der Waals surface area contributed by atoms with Gasteiger partial charge in [0.1, 0.15) is 0 Å². The predicted molar refractivity (Wildman–Crippen MR) is 84.9 cm³/mol. The van der Waals surface area contributed by atoms with Gasteiger partial charge in [0, 0.05) is 30.7 Å². The molecule has 0 N–H and O–H groups in total. The molecule has 2 aromatic rings. The van der Waals surface area contributed by atoms with Gasteiger partial charge in [-0.15, -0.1) is 0 Å². The molecule has 0 radical (unpaired) electrons. The predicted octanol–water partition coefficient (Wildman–Crippen LogP) is 3.84. The second-order valence-electron chi connectivity index (χ2n) is 6.23. The molecular weight excluding hydrogens is 246 g/mol. The summed E-state index contributed by atoms with van der Waals surface area (Å²) in [6.45, 7) is 3.96. The number of rotatable bonds is 2. The Labute approximate surface area is 120 Å². The molecule has 0 saturated heterocycles. The number of Topliss-reactive ketones (excluding diaryl/α,β-unsaturated/α-hetero) is 1. The van der Waals surface area contributed by atoms with Crippen LogP contribution in [0.4, 0.5) is 5.69 Å². The van der Waals surface area contributed by atoms with E-state index >= 15 is 0 Å². The van der Waals surface area contributed by atoms with Gasteiger partial charge in [-0.2, -0.15) is 0 Å². The van der Waals surface area contributed by atoms with Crippen LogP contribution in [0.25, 0.3) is 10.8 Å². The van der Waals surface area contributed by atoms with Crippen LogP contribution in [0.15, 0.2) is 24.3 Å². The van der Waals surface area contributed by atoms with E-state index in [-0.39, 0.29) is 5.78 Å². The number of benzene rings is 2. The van der Waals surface area contributed by atoms with Gasteiger partial charge >= 0.3 is 0 Å². The number of ketones is 1. The highest BCUT2D eigenvalue weighted by molar-refractivity contribution is 6.11. The van der Waals surface area contributed by atoms with E-state index in [0.717, 1.165) is 23.8 Å². The SMILES string of the molecule is CC(=O)c1c2c(cc3c(N(C)C)cccc13)CC(C)C2. The fourth-order valence-corrected chi connectivity index (χ4v) is 3.51. The molecule has 0 saturated carbocycles. The smallest absolute Gasteiger partial charge is 0.160 e. The monoisotopic (exact) mass is 267 g/mol. The van der Waals surface area contributed by atoms with E-state index in [1.807, 2.05) is 0 Å². The largest absolute Gasteiger partial charge is 0.377 e. The number of carbonyl (C=O) groups excluding carboxylic acids is 1. The number of hydrogen-bond donors (Lipinski definition) is 0. The van der Waals surface area contributed by atoms with Crippen LogP contribution in [-0.2, 0) is 12.8 Å². The quantitative estimate of drug-likeness (QED) is 0.770. The molecule has 0 heterocycles. The molecule has 2 nitrogen and oxygen atoms in total. The maximum atomic E-state index is 12.2. The lowest BCUT2D eigenvalue weighted by Gasteiger charge is -2.18. The summed E-state index contributed by atoms with van der Waals surface area (Å²) in [5.41, 5.74) is 4.79. The van der Waals surface area contributed by atoms with Crippen molar-refractivity contribution in [2.75, 3.05) is 19.0 Å². The Morgan fingerprint density at radius 2 is 1.95 bits per heavy atom. The molecule has 0 amide bonds. The minimum atomic E-state index is 0.192. The number of nitrogens with zero attached hydrogens (tertiary/aromatic N) is 1. The standard InChI is InChI=1S/C18H21NO/c1-11-8-13-10-16-14(6-5-7-17(16)19(3)4)18(12(2)20)15(13)9-11/h5-7,10-11H,8-9H2,1-4H3. The van der Waals surface area contributed by atoms with Gasteiger partial charge in [0.15, 0.2) is 5.78 Å². The molecule has 2 aromatic carbocycles. The van der Waals surface area contributed by atoms with Crippen molar-refractivity contribution in [3.63, 3.8) is 0 Å². The molecule has 2 heteroatoms. The Balaban J connectivity index is 2.41. The third-order valence-electron chi connectivity index (χ3n) is 4.32. The second kappa shape index (κ2) is 4.62. The van der Waals surface area contributed by atoms with E-state index in [4.69, 9.17) is 0 Å². The van der Waals surface area contributed by atoms with Gasteiger partial charge in [-0.25, -0.2) is 0 Å². The van der Waals surface area contributed by atoms with Crippen LogP contribution in [-0.4, -0.2) is 19.9 Å². The molecule has 1 aliphatic carbocycles. The van der Waals surface area contributed by atoms with E-state index in [9.17, 15) is 4.79 Å². The van der Waals surface area contributed by atoms with Crippen molar-refractivity contribution in [1.29, 1.82) is 0 Å². The lowest BCUT2D eigenvalue weighted by Crippen LogP contribution is -2.10. The summed E-state index contributed by atoms with van der Waals surface area (Å²) in [6.07, 6.45) is 2.12. The van der Waals surface area contributed by atoms with Gasteiger partial charge in [0.25, 0.3) is 0 Å². The van der Waals surface area contributed by atoms with E-state index in [1.165, 1.54) is 22.2 Å². The summed E-state index contributed by atoms with van der Waals surface area (Å²) in [4.78, 5) is 14.3. The highest BCUT2D eigenvalue weighted by Crippen LogP contribution is 2.37. The Morgan fingerprint density at radius 3 is 2.60 bits per heavy atom. The van der Waals surface area contributed by atoms with Crippen LogP contribution >= 0.6 is 0 Å². The first-order valence-corrected chi connectivity index (χ1v) is 7.24. The van der Waals surface area contributed by atoms with Gasteiger partial charge in [0.05, 0.1) is 0 Å². The highest BCUT2D eigenvalue weighted by atomic mass is 16.1. The van der Waals surface area contributed by atoms with E-state index in [1.54, 1.807) is 6.92 Å². The second-order valence-corrected chi connectivity index (χ2v) is 6.23. The van der Waals surface area contributed by atoms with Gasteiger partial charge in [-0.1, -0.05) is 19.1 Å². The Bertz CT molecular complexity index is 700. The normalized spacial score (nSPS) is 17.3. The van der Waals surface area contributed by atoms with Crippen LogP contribution < -0.4 is 4.90 Å². The van der Waals surface area contributed by atoms with Crippen LogP contribution in [0, 0.1) is 5.92 Å². The first kappa shape index (κ1) is 13.2. The first-order valence-electron chi connectivity index (χ1n) is 7.24. The summed E-state index contributed by atoms with van der Waals surface area (Å²) < 4.78 is 0. The molecule has 1 unspecified atom stereocenters. The van der Waals surface area contributed by atoms with Crippen LogP contribution in [0.2, 0.25) is 0 Å². The molecule has 0 aliphatic heterocycles. The maximum absolute atomic E-state index is 12.2. The van der Waals surface area contributed by atoms with Crippen molar-refractivity contribution < 1.29 is 4.79 Å². The molecule has 1 atom stereocenters. The molecular formula is C18H21NO. The lowest BCUT2D eigenvalue weighted by atomic mass is 9.92. The van der Waals surface area contributed by atoms with Crippen molar-refractivity contribution in [2.45, 2.75) is 26.7 Å². The number of fused-ring (bicyclic) bond motifs is 2. The average Bonchev–Trinajstić information content (AvgIpc) is 2.73. The Morgan fingerprint density at radius 1 is 1.20 bits per heavy atom. The molecule has 0 bridgehead atoms. The summed E-state index contributed by atoms with van der Waals surface area (Å²) in [7, 11) is 4.11. The molecule has 0 spiro atoms. The third-order valence-corrected chi connectivity index (χ3v) is 4.32. The lowest BCUT2D eigenvalue weighted by molar-refractivity contribution is 0.101. The van der Waals surface area contributed by atoms with Crippen molar-refractivity contribution in [3.8, 4) is 0 Å². The van der Waals surface area contributed by atoms with E-state index in [2.05, 4.69) is 50.2 Å². The highest BCUT2D eigenvalue weighted by Gasteiger charge is 2.25. The minimum absolute atomic E-state index is 0.192. The fraction of sp³-hybridized carbons (Fsp3) is 0.389. The number of anilines is 1. The summed E-state index contributed by atoms with van der Waals surface area (Å²) >= 11 is 0. The summed E-state index contributed by atoms with van der Waals surface area (Å²) in [5, 5.41) is 2.31. The van der Waals surface area contributed by atoms with Crippen LogP contribution in [0.5, 0.6) is 0 Å².